The number of likely N-dealkylation sites (tertiary alicyclic amines) is 1. The summed E-state index contributed by atoms with van der Waals surface area (Å²) in [5.74, 6) is 1.28. The first-order valence-electron chi connectivity index (χ1n) is 14.4. The van der Waals surface area contributed by atoms with Gasteiger partial charge in [-0.25, -0.2) is 0 Å². The third-order valence-corrected chi connectivity index (χ3v) is 8.54. The van der Waals surface area contributed by atoms with Crippen LogP contribution in [0.3, 0.4) is 0 Å². The number of fused-ring (bicyclic) bond motifs is 4. The molecule has 9 heteroatoms. The van der Waals surface area contributed by atoms with Crippen LogP contribution < -0.4 is 11.1 Å². The van der Waals surface area contributed by atoms with Gasteiger partial charge in [0.2, 0.25) is 11.9 Å². The average Bonchev–Trinajstić information content (AvgIpc) is 3.56. The zero-order valence-corrected chi connectivity index (χ0v) is 22.3. The van der Waals surface area contributed by atoms with E-state index in [1.54, 1.807) is 4.68 Å². The van der Waals surface area contributed by atoms with Crippen molar-refractivity contribution in [1.82, 2.24) is 34.8 Å². The molecule has 4 heterocycles. The van der Waals surface area contributed by atoms with Gasteiger partial charge in [0.05, 0.1) is 17.6 Å². The van der Waals surface area contributed by atoms with E-state index in [9.17, 15) is 0 Å². The van der Waals surface area contributed by atoms with Gasteiger partial charge in [0, 0.05) is 17.3 Å². The Morgan fingerprint density at radius 2 is 1.72 bits per heavy atom. The van der Waals surface area contributed by atoms with Crippen molar-refractivity contribution in [2.75, 3.05) is 24.1 Å². The van der Waals surface area contributed by atoms with Gasteiger partial charge in [0.15, 0.2) is 5.82 Å². The summed E-state index contributed by atoms with van der Waals surface area (Å²) >= 11 is 0. The van der Waals surface area contributed by atoms with Crippen molar-refractivity contribution < 1.29 is 0 Å². The van der Waals surface area contributed by atoms with Gasteiger partial charge in [0.1, 0.15) is 0 Å². The van der Waals surface area contributed by atoms with Gasteiger partial charge in [0.25, 0.3) is 0 Å². The SMILES string of the molecule is Nc1nc(Nc2cnc3c(c2)CCC(N2CCCC2)CCC3)nn1-c1cc2c(nn1)-c1ccccc1CCC2. The van der Waals surface area contributed by atoms with Gasteiger partial charge in [-0.15, -0.1) is 15.3 Å². The fourth-order valence-corrected chi connectivity index (χ4v) is 6.54. The maximum Gasteiger partial charge on any atom is 0.248 e. The summed E-state index contributed by atoms with van der Waals surface area (Å²) in [4.78, 5) is 12.0. The van der Waals surface area contributed by atoms with E-state index in [0.717, 1.165) is 54.6 Å². The number of aromatic nitrogens is 6. The van der Waals surface area contributed by atoms with Gasteiger partial charge >= 0.3 is 0 Å². The summed E-state index contributed by atoms with van der Waals surface area (Å²) in [6, 6.07) is 13.4. The minimum atomic E-state index is 0.272. The highest BCUT2D eigenvalue weighted by atomic mass is 15.4. The molecule has 0 saturated carbocycles. The maximum absolute atomic E-state index is 6.30. The minimum absolute atomic E-state index is 0.272. The second-order valence-corrected chi connectivity index (χ2v) is 11.1. The van der Waals surface area contributed by atoms with Gasteiger partial charge in [-0.3, -0.25) is 4.98 Å². The van der Waals surface area contributed by atoms with Crippen LogP contribution in [0.1, 0.15) is 60.9 Å². The van der Waals surface area contributed by atoms with E-state index in [-0.39, 0.29) is 5.95 Å². The lowest BCUT2D eigenvalue weighted by molar-refractivity contribution is 0.213. The van der Waals surface area contributed by atoms with Crippen molar-refractivity contribution in [2.45, 2.75) is 70.3 Å². The molecular weight excluding hydrogens is 486 g/mol. The quantitative estimate of drug-likeness (QED) is 0.399. The summed E-state index contributed by atoms with van der Waals surface area (Å²) < 4.78 is 1.56. The molecule has 0 bridgehead atoms. The summed E-state index contributed by atoms with van der Waals surface area (Å²) in [7, 11) is 0. The molecule has 4 aromatic rings. The molecule has 39 heavy (non-hydrogen) atoms. The number of benzene rings is 1. The van der Waals surface area contributed by atoms with Gasteiger partial charge in [-0.05, 0) is 106 Å². The molecule has 1 atom stereocenters. The molecule has 1 fully saturated rings. The van der Waals surface area contributed by atoms with Gasteiger partial charge < -0.3 is 16.0 Å². The third-order valence-electron chi connectivity index (χ3n) is 8.54. The lowest BCUT2D eigenvalue weighted by Crippen LogP contribution is -2.34. The number of nitrogen functional groups attached to an aromatic ring is 1. The first kappa shape index (κ1) is 24.2. The Morgan fingerprint density at radius 3 is 2.64 bits per heavy atom. The first-order chi connectivity index (χ1) is 19.2. The van der Waals surface area contributed by atoms with Gasteiger partial charge in [-0.1, -0.05) is 24.3 Å². The van der Waals surface area contributed by atoms with Gasteiger partial charge in [-0.2, -0.15) is 9.67 Å². The van der Waals surface area contributed by atoms with Crippen LogP contribution in [-0.2, 0) is 25.7 Å². The van der Waals surface area contributed by atoms with Crippen molar-refractivity contribution >= 4 is 17.6 Å². The highest BCUT2D eigenvalue weighted by Crippen LogP contribution is 2.32. The zero-order valence-electron chi connectivity index (χ0n) is 22.3. The van der Waals surface area contributed by atoms with E-state index >= 15 is 0 Å². The molecule has 7 rings (SSSR count). The second-order valence-electron chi connectivity index (χ2n) is 11.1. The molecule has 0 radical (unpaired) electrons. The van der Waals surface area contributed by atoms with E-state index in [2.05, 4.69) is 60.8 Å². The van der Waals surface area contributed by atoms with E-state index in [0.29, 0.717) is 17.8 Å². The van der Waals surface area contributed by atoms with Crippen molar-refractivity contribution in [1.29, 1.82) is 0 Å². The predicted octanol–water partition coefficient (Wildman–Crippen LogP) is 4.67. The number of nitrogens with two attached hydrogens (primary N) is 1. The maximum atomic E-state index is 6.30. The lowest BCUT2D eigenvalue weighted by Gasteiger charge is -2.29. The Morgan fingerprint density at radius 1 is 0.846 bits per heavy atom. The molecular formula is C30H35N9. The van der Waals surface area contributed by atoms with Crippen LogP contribution in [0.4, 0.5) is 17.6 Å². The number of anilines is 3. The number of aryl methyl sites for hydroxylation is 4. The molecule has 3 aliphatic rings. The molecule has 3 aromatic heterocycles. The monoisotopic (exact) mass is 521 g/mol. The number of hydrogen-bond donors (Lipinski definition) is 2. The number of rotatable bonds is 4. The predicted molar refractivity (Wildman–Crippen MR) is 152 cm³/mol. The highest BCUT2D eigenvalue weighted by molar-refractivity contribution is 5.68. The minimum Gasteiger partial charge on any atom is -0.368 e. The van der Waals surface area contributed by atoms with Crippen LogP contribution >= 0.6 is 0 Å². The molecule has 0 amide bonds. The Balaban J connectivity index is 1.11. The average molecular weight is 522 g/mol. The third kappa shape index (κ3) is 4.87. The second kappa shape index (κ2) is 10.4. The zero-order chi connectivity index (χ0) is 26.2. The topological polar surface area (TPSA) is 111 Å². The summed E-state index contributed by atoms with van der Waals surface area (Å²) in [5.41, 5.74) is 14.3. The van der Waals surface area contributed by atoms with Crippen molar-refractivity contribution in [2.24, 2.45) is 0 Å². The smallest absolute Gasteiger partial charge is 0.248 e. The van der Waals surface area contributed by atoms with Crippen molar-refractivity contribution in [3.8, 4) is 17.1 Å². The molecule has 9 nitrogen and oxygen atoms in total. The summed E-state index contributed by atoms with van der Waals surface area (Å²) in [6.45, 7) is 2.52. The number of pyridine rings is 1. The largest absolute Gasteiger partial charge is 0.368 e. The highest BCUT2D eigenvalue weighted by Gasteiger charge is 2.24. The van der Waals surface area contributed by atoms with E-state index < -0.39 is 0 Å². The Bertz CT molecular complexity index is 1490. The normalized spacial score (nSPS) is 19.3. The number of hydrogen-bond acceptors (Lipinski definition) is 8. The fourth-order valence-electron chi connectivity index (χ4n) is 6.54. The van der Waals surface area contributed by atoms with E-state index in [1.807, 2.05) is 12.3 Å². The lowest BCUT2D eigenvalue weighted by atomic mass is 9.93. The first-order valence-corrected chi connectivity index (χ1v) is 14.4. The molecule has 3 N–H and O–H groups in total. The standard InChI is InChI=1S/C30H35N9/c31-29-34-30(33-23-17-21-13-14-24(38-15-3-4-16-38)10-6-12-26(21)32-19-23)37-39(29)27-18-22-9-5-8-20-7-1-2-11-25(20)28(22)36-35-27/h1-2,7,11,17-19,24H,3-6,8-10,12-16H2,(H3,31,33,34,37). The molecule has 1 aromatic carbocycles. The van der Waals surface area contributed by atoms with Crippen LogP contribution in [-0.4, -0.2) is 54.0 Å². The Labute approximate surface area is 228 Å². The van der Waals surface area contributed by atoms with Crippen LogP contribution in [0, 0.1) is 0 Å². The summed E-state index contributed by atoms with van der Waals surface area (Å²) in [6.07, 6.45) is 13.4. The van der Waals surface area contributed by atoms with E-state index in [4.69, 9.17) is 10.7 Å². The molecule has 200 valence electrons. The molecule has 1 saturated heterocycles. The fraction of sp³-hybridized carbons (Fsp3) is 0.433. The molecule has 1 unspecified atom stereocenters. The number of nitrogens with one attached hydrogen (secondary N) is 1. The summed E-state index contributed by atoms with van der Waals surface area (Å²) in [5, 5.41) is 17.1. The Kier molecular flexibility index (Phi) is 6.44. The van der Waals surface area contributed by atoms with Crippen LogP contribution in [0.2, 0.25) is 0 Å². The van der Waals surface area contributed by atoms with Crippen molar-refractivity contribution in [3.05, 3.63) is 65.0 Å². The number of nitrogens with zero attached hydrogens (tertiary/aromatic N) is 7. The molecule has 2 aliphatic carbocycles. The molecule has 0 spiro atoms. The van der Waals surface area contributed by atoms with Crippen LogP contribution in [0.15, 0.2) is 42.6 Å². The van der Waals surface area contributed by atoms with Crippen LogP contribution in [0.5, 0.6) is 0 Å². The Hall–Kier alpha value is -3.85. The van der Waals surface area contributed by atoms with Crippen molar-refractivity contribution in [3.63, 3.8) is 0 Å². The molecule has 1 aliphatic heterocycles. The van der Waals surface area contributed by atoms with Crippen LogP contribution in [0.25, 0.3) is 17.1 Å². The van der Waals surface area contributed by atoms with E-state index in [1.165, 1.54) is 62.0 Å².